The zero-order chi connectivity index (χ0) is 20.6. The van der Waals surface area contributed by atoms with Gasteiger partial charge in [0.15, 0.2) is 0 Å². The molecule has 2 aromatic heterocycles. The van der Waals surface area contributed by atoms with E-state index in [0.29, 0.717) is 24.9 Å². The van der Waals surface area contributed by atoms with Crippen molar-refractivity contribution in [2.24, 2.45) is 0 Å². The number of fused-ring (bicyclic) bond motifs is 3. The van der Waals surface area contributed by atoms with Crippen molar-refractivity contribution in [2.75, 3.05) is 33.0 Å². The van der Waals surface area contributed by atoms with E-state index in [2.05, 4.69) is 29.0 Å². The van der Waals surface area contributed by atoms with Gasteiger partial charge in [0.25, 0.3) is 0 Å². The third-order valence-corrected chi connectivity index (χ3v) is 8.95. The van der Waals surface area contributed by atoms with Gasteiger partial charge in [-0.05, 0) is 51.8 Å². The fourth-order valence-electron chi connectivity index (χ4n) is 4.27. The maximum absolute atomic E-state index is 12.4. The smallest absolute Gasteiger partial charge is 0.225 e. The Morgan fingerprint density at radius 2 is 2.03 bits per heavy atom. The zero-order valence-electron chi connectivity index (χ0n) is 16.9. The number of aromatic nitrogens is 2. The van der Waals surface area contributed by atoms with Gasteiger partial charge >= 0.3 is 0 Å². The molecular formula is C19H28N4O4S2. The van der Waals surface area contributed by atoms with Gasteiger partial charge in [-0.2, -0.15) is 4.31 Å². The van der Waals surface area contributed by atoms with E-state index in [9.17, 15) is 8.42 Å². The Hall–Kier alpha value is -1.33. The van der Waals surface area contributed by atoms with Crippen molar-refractivity contribution in [3.05, 3.63) is 16.8 Å². The average Bonchev–Trinajstić information content (AvgIpc) is 3.07. The molecule has 0 aromatic carbocycles. The summed E-state index contributed by atoms with van der Waals surface area (Å²) < 4.78 is 32.7. The summed E-state index contributed by atoms with van der Waals surface area (Å²) in [5.41, 5.74) is 0.954. The minimum Gasteiger partial charge on any atom is -0.474 e. The first-order chi connectivity index (χ1) is 13.9. The number of hydrogen-bond acceptors (Lipinski definition) is 8. The Morgan fingerprint density at radius 1 is 1.28 bits per heavy atom. The molecule has 2 aromatic rings. The van der Waals surface area contributed by atoms with Crippen LogP contribution in [0.25, 0.3) is 10.2 Å². The molecule has 3 heterocycles. The lowest BCUT2D eigenvalue weighted by atomic mass is 9.92. The molecule has 0 atom stereocenters. The summed E-state index contributed by atoms with van der Waals surface area (Å²) >= 11 is 1.60. The van der Waals surface area contributed by atoms with Gasteiger partial charge in [0.05, 0.1) is 17.7 Å². The highest BCUT2D eigenvalue weighted by Gasteiger charge is 2.31. The van der Waals surface area contributed by atoms with Gasteiger partial charge in [-0.3, -0.25) is 0 Å². The SMILES string of the molecule is CN(C)C1CCC(Oc2ncnc3sc4c(c23)CN(S(=O)(=O)CCO)CC4)CC1. The van der Waals surface area contributed by atoms with Crippen LogP contribution < -0.4 is 4.74 Å². The minimum absolute atomic E-state index is 0.123. The molecule has 1 N–H and O–H groups in total. The van der Waals surface area contributed by atoms with Crippen LogP contribution in [0.5, 0.6) is 5.88 Å². The third kappa shape index (κ3) is 4.27. The van der Waals surface area contributed by atoms with Crippen molar-refractivity contribution in [1.29, 1.82) is 0 Å². The molecule has 8 nitrogen and oxygen atoms in total. The first-order valence-electron chi connectivity index (χ1n) is 10.1. The number of ether oxygens (including phenoxy) is 1. The summed E-state index contributed by atoms with van der Waals surface area (Å²) in [5, 5.41) is 9.94. The van der Waals surface area contributed by atoms with Crippen LogP contribution in [0.2, 0.25) is 0 Å². The summed E-state index contributed by atoms with van der Waals surface area (Å²) in [6.07, 6.45) is 6.47. The van der Waals surface area contributed by atoms with E-state index in [1.54, 1.807) is 11.3 Å². The summed E-state index contributed by atoms with van der Waals surface area (Å²) in [6.45, 7) is 0.345. The molecule has 2 aliphatic rings. The second kappa shape index (κ2) is 8.43. The lowest BCUT2D eigenvalue weighted by Gasteiger charge is -2.32. The molecule has 4 rings (SSSR count). The number of aliphatic hydroxyl groups is 1. The number of sulfonamides is 1. The molecule has 0 spiro atoms. The number of hydrogen-bond donors (Lipinski definition) is 1. The quantitative estimate of drug-likeness (QED) is 0.729. The highest BCUT2D eigenvalue weighted by Crippen LogP contribution is 2.39. The lowest BCUT2D eigenvalue weighted by molar-refractivity contribution is 0.108. The van der Waals surface area contributed by atoms with Gasteiger partial charge in [0.1, 0.15) is 17.3 Å². The molecule has 0 bridgehead atoms. The van der Waals surface area contributed by atoms with E-state index in [0.717, 1.165) is 46.3 Å². The van der Waals surface area contributed by atoms with Gasteiger partial charge in [0.2, 0.25) is 15.9 Å². The Bertz CT molecular complexity index is 968. The minimum atomic E-state index is -3.48. The molecule has 1 aliphatic heterocycles. The van der Waals surface area contributed by atoms with Crippen LogP contribution in [-0.4, -0.2) is 77.8 Å². The largest absolute Gasteiger partial charge is 0.474 e. The van der Waals surface area contributed by atoms with Crippen molar-refractivity contribution in [1.82, 2.24) is 19.2 Å². The maximum atomic E-state index is 12.4. The van der Waals surface area contributed by atoms with Crippen LogP contribution in [-0.2, 0) is 23.0 Å². The van der Waals surface area contributed by atoms with E-state index in [1.165, 1.54) is 10.6 Å². The van der Waals surface area contributed by atoms with Crippen LogP contribution in [0.15, 0.2) is 6.33 Å². The zero-order valence-corrected chi connectivity index (χ0v) is 18.5. The summed E-state index contributed by atoms with van der Waals surface area (Å²) in [5.74, 6) is 0.321. The fourth-order valence-corrected chi connectivity index (χ4v) is 6.58. The second-order valence-corrected chi connectivity index (χ2v) is 11.2. The van der Waals surface area contributed by atoms with E-state index in [1.807, 2.05) is 0 Å². The van der Waals surface area contributed by atoms with Gasteiger partial charge in [-0.25, -0.2) is 18.4 Å². The van der Waals surface area contributed by atoms with Gasteiger partial charge in [-0.15, -0.1) is 11.3 Å². The van der Waals surface area contributed by atoms with E-state index in [-0.39, 0.29) is 25.0 Å². The monoisotopic (exact) mass is 440 g/mol. The lowest BCUT2D eigenvalue weighted by Crippen LogP contribution is -2.37. The van der Waals surface area contributed by atoms with Gasteiger partial charge < -0.3 is 14.7 Å². The Morgan fingerprint density at radius 3 is 2.72 bits per heavy atom. The molecule has 29 heavy (non-hydrogen) atoms. The van der Waals surface area contributed by atoms with Gasteiger partial charge in [0, 0.05) is 24.0 Å². The van der Waals surface area contributed by atoms with Crippen molar-refractivity contribution >= 4 is 31.6 Å². The maximum Gasteiger partial charge on any atom is 0.225 e. The van der Waals surface area contributed by atoms with Crippen molar-refractivity contribution < 1.29 is 18.3 Å². The topological polar surface area (TPSA) is 95.9 Å². The summed E-state index contributed by atoms with van der Waals surface area (Å²) in [7, 11) is 0.763. The highest BCUT2D eigenvalue weighted by molar-refractivity contribution is 7.89. The number of nitrogens with zero attached hydrogens (tertiary/aromatic N) is 4. The van der Waals surface area contributed by atoms with Crippen LogP contribution >= 0.6 is 11.3 Å². The van der Waals surface area contributed by atoms with Crippen LogP contribution in [0.1, 0.15) is 36.1 Å². The predicted molar refractivity (Wildman–Crippen MR) is 113 cm³/mol. The Kier molecular flexibility index (Phi) is 6.08. The molecule has 10 heteroatoms. The second-order valence-electron chi connectivity index (χ2n) is 8.00. The van der Waals surface area contributed by atoms with Crippen molar-refractivity contribution in [2.45, 2.75) is 50.8 Å². The van der Waals surface area contributed by atoms with Crippen LogP contribution in [0.3, 0.4) is 0 Å². The van der Waals surface area contributed by atoms with E-state index >= 15 is 0 Å². The predicted octanol–water partition coefficient (Wildman–Crippen LogP) is 1.62. The summed E-state index contributed by atoms with van der Waals surface area (Å²) in [4.78, 5) is 13.1. The van der Waals surface area contributed by atoms with Crippen molar-refractivity contribution in [3.8, 4) is 5.88 Å². The fraction of sp³-hybridized carbons (Fsp3) is 0.684. The van der Waals surface area contributed by atoms with E-state index < -0.39 is 10.0 Å². The van der Waals surface area contributed by atoms with E-state index in [4.69, 9.17) is 9.84 Å². The number of rotatable bonds is 6. The van der Waals surface area contributed by atoms with Gasteiger partial charge in [-0.1, -0.05) is 0 Å². The molecule has 0 saturated heterocycles. The Balaban J connectivity index is 1.59. The molecule has 0 amide bonds. The molecule has 0 radical (unpaired) electrons. The first kappa shape index (κ1) is 20.9. The van der Waals surface area contributed by atoms with Crippen molar-refractivity contribution in [3.63, 3.8) is 0 Å². The Labute approximate surface area is 175 Å². The first-order valence-corrected chi connectivity index (χ1v) is 12.5. The van der Waals surface area contributed by atoms with Crippen LogP contribution in [0.4, 0.5) is 0 Å². The molecular weight excluding hydrogens is 412 g/mol. The molecule has 1 fully saturated rings. The molecule has 0 unspecified atom stereocenters. The highest BCUT2D eigenvalue weighted by atomic mass is 32.2. The molecule has 1 saturated carbocycles. The third-order valence-electron chi connectivity index (χ3n) is 5.95. The average molecular weight is 441 g/mol. The molecule has 1 aliphatic carbocycles. The van der Waals surface area contributed by atoms with Crippen LogP contribution in [0, 0.1) is 0 Å². The standard InChI is InChI=1S/C19H28N4O4S2/c1-22(2)13-3-5-14(6-4-13)27-18-17-15-11-23(29(25,26)10-9-24)8-7-16(15)28-19(17)21-12-20-18/h12-14,24H,3-11H2,1-2H3. The number of aliphatic hydroxyl groups excluding tert-OH is 1. The molecule has 160 valence electrons. The number of thiophene rings is 1. The normalized spacial score (nSPS) is 23.4. The summed E-state index contributed by atoms with van der Waals surface area (Å²) in [6, 6.07) is 0.597.